The van der Waals surface area contributed by atoms with Crippen LogP contribution in [0.1, 0.15) is 18.9 Å². The van der Waals surface area contributed by atoms with E-state index in [1.165, 1.54) is 6.07 Å². The van der Waals surface area contributed by atoms with Gasteiger partial charge in [0.05, 0.1) is 0 Å². The van der Waals surface area contributed by atoms with Gasteiger partial charge in [-0.2, -0.15) is 0 Å². The number of halogens is 1. The third-order valence-electron chi connectivity index (χ3n) is 2.15. The molecule has 0 saturated heterocycles. The number of hydrogen-bond acceptors (Lipinski definition) is 2. The van der Waals surface area contributed by atoms with Crippen LogP contribution >= 0.6 is 0 Å². The van der Waals surface area contributed by atoms with E-state index in [0.717, 1.165) is 6.42 Å². The predicted molar refractivity (Wildman–Crippen MR) is 64.7 cm³/mol. The minimum atomic E-state index is -0.253. The Balaban J connectivity index is 2.82. The summed E-state index contributed by atoms with van der Waals surface area (Å²) in [6.45, 7) is 4.39. The van der Waals surface area contributed by atoms with Crippen LogP contribution in [0.2, 0.25) is 0 Å². The molecule has 0 aliphatic heterocycles. The van der Waals surface area contributed by atoms with Gasteiger partial charge in [0.25, 0.3) is 0 Å². The Bertz CT molecular complexity index is 376. The first kappa shape index (κ1) is 12.4. The van der Waals surface area contributed by atoms with Crippen molar-refractivity contribution in [3.05, 3.63) is 29.6 Å². The molecule has 0 heterocycles. The molecule has 0 saturated carbocycles. The van der Waals surface area contributed by atoms with Gasteiger partial charge in [0, 0.05) is 17.8 Å². The van der Waals surface area contributed by atoms with Crippen molar-refractivity contribution >= 4 is 11.6 Å². The van der Waals surface area contributed by atoms with Gasteiger partial charge in [0.2, 0.25) is 5.96 Å². The van der Waals surface area contributed by atoms with E-state index in [2.05, 4.69) is 15.7 Å². The monoisotopic (exact) mass is 224 g/mol. The number of hydrogen-bond donors (Lipinski definition) is 3. The average molecular weight is 224 g/mol. The van der Waals surface area contributed by atoms with Crippen molar-refractivity contribution in [2.45, 2.75) is 20.3 Å². The molecule has 0 unspecified atom stereocenters. The van der Waals surface area contributed by atoms with E-state index in [-0.39, 0.29) is 5.82 Å². The van der Waals surface area contributed by atoms with Crippen LogP contribution in [0.4, 0.5) is 10.1 Å². The Morgan fingerprint density at radius 3 is 2.88 bits per heavy atom. The van der Waals surface area contributed by atoms with Gasteiger partial charge in [0.15, 0.2) is 0 Å². The summed E-state index contributed by atoms with van der Waals surface area (Å²) < 4.78 is 13.3. The van der Waals surface area contributed by atoms with E-state index in [1.54, 1.807) is 19.1 Å². The van der Waals surface area contributed by atoms with Crippen LogP contribution in [0, 0.1) is 12.7 Å². The molecule has 0 radical (unpaired) electrons. The maximum absolute atomic E-state index is 13.3. The molecule has 0 aliphatic carbocycles. The van der Waals surface area contributed by atoms with Crippen molar-refractivity contribution in [3.8, 4) is 0 Å². The molecule has 0 bridgehead atoms. The zero-order chi connectivity index (χ0) is 12.0. The number of nitrogens with two attached hydrogens (primary N) is 1. The molecule has 88 valence electrons. The van der Waals surface area contributed by atoms with Crippen LogP contribution in [-0.4, -0.2) is 12.5 Å². The van der Waals surface area contributed by atoms with Crippen molar-refractivity contribution in [1.82, 2.24) is 5.43 Å². The first-order chi connectivity index (χ1) is 7.69. The van der Waals surface area contributed by atoms with Gasteiger partial charge in [-0.25, -0.2) is 10.2 Å². The standard InChI is InChI=1S/C11H17FN4/c1-3-7-14-11(16-13)15-10-6-4-5-9(12)8(10)2/h4-6H,3,7,13H2,1-2H3,(H2,14,15,16). The molecule has 1 aromatic carbocycles. The normalized spacial score (nSPS) is 11.4. The molecule has 0 aromatic heterocycles. The summed E-state index contributed by atoms with van der Waals surface area (Å²) in [5.41, 5.74) is 3.65. The molecule has 16 heavy (non-hydrogen) atoms. The highest BCUT2D eigenvalue weighted by atomic mass is 19.1. The second kappa shape index (κ2) is 6.07. The number of hydrazine groups is 1. The third kappa shape index (κ3) is 3.20. The van der Waals surface area contributed by atoms with Crippen LogP contribution in [0.15, 0.2) is 23.2 Å². The zero-order valence-corrected chi connectivity index (χ0v) is 9.55. The van der Waals surface area contributed by atoms with Crippen LogP contribution < -0.4 is 16.6 Å². The number of aliphatic imine (C=N–C) groups is 1. The fraction of sp³-hybridized carbons (Fsp3) is 0.364. The van der Waals surface area contributed by atoms with Crippen molar-refractivity contribution < 1.29 is 4.39 Å². The van der Waals surface area contributed by atoms with Gasteiger partial charge in [-0.3, -0.25) is 10.4 Å². The lowest BCUT2D eigenvalue weighted by Crippen LogP contribution is -2.36. The Kier molecular flexibility index (Phi) is 4.72. The molecule has 1 rings (SSSR count). The van der Waals surface area contributed by atoms with Gasteiger partial charge < -0.3 is 5.32 Å². The smallest absolute Gasteiger partial charge is 0.210 e. The van der Waals surface area contributed by atoms with Crippen LogP contribution in [0.5, 0.6) is 0 Å². The van der Waals surface area contributed by atoms with Crippen molar-refractivity contribution in [1.29, 1.82) is 0 Å². The van der Waals surface area contributed by atoms with Crippen LogP contribution in [0.3, 0.4) is 0 Å². The maximum atomic E-state index is 13.3. The molecular weight excluding hydrogens is 207 g/mol. The number of guanidine groups is 1. The summed E-state index contributed by atoms with van der Waals surface area (Å²) in [6, 6.07) is 4.83. The van der Waals surface area contributed by atoms with E-state index in [1.807, 2.05) is 6.92 Å². The zero-order valence-electron chi connectivity index (χ0n) is 9.55. The van der Waals surface area contributed by atoms with Crippen molar-refractivity contribution in [2.24, 2.45) is 10.8 Å². The first-order valence-corrected chi connectivity index (χ1v) is 5.22. The van der Waals surface area contributed by atoms with Crippen molar-refractivity contribution in [2.75, 3.05) is 11.9 Å². The lowest BCUT2D eigenvalue weighted by atomic mass is 10.2. The van der Waals surface area contributed by atoms with E-state index < -0.39 is 0 Å². The average Bonchev–Trinajstić information content (AvgIpc) is 2.30. The molecule has 5 heteroatoms. The van der Waals surface area contributed by atoms with Gasteiger partial charge >= 0.3 is 0 Å². The highest BCUT2D eigenvalue weighted by molar-refractivity contribution is 5.93. The molecule has 0 atom stereocenters. The highest BCUT2D eigenvalue weighted by Crippen LogP contribution is 2.16. The summed E-state index contributed by atoms with van der Waals surface area (Å²) in [6.07, 6.45) is 0.926. The van der Waals surface area contributed by atoms with Gasteiger partial charge in [-0.15, -0.1) is 0 Å². The molecule has 4 nitrogen and oxygen atoms in total. The second-order valence-electron chi connectivity index (χ2n) is 3.41. The highest BCUT2D eigenvalue weighted by Gasteiger charge is 2.04. The summed E-state index contributed by atoms with van der Waals surface area (Å²) in [4.78, 5) is 4.17. The third-order valence-corrected chi connectivity index (χ3v) is 2.15. The van der Waals surface area contributed by atoms with Crippen LogP contribution in [0.25, 0.3) is 0 Å². The number of nitrogens with zero attached hydrogens (tertiary/aromatic N) is 1. The van der Waals surface area contributed by atoms with Crippen LogP contribution in [-0.2, 0) is 0 Å². The number of rotatable bonds is 3. The van der Waals surface area contributed by atoms with Gasteiger partial charge in [-0.05, 0) is 25.5 Å². The second-order valence-corrected chi connectivity index (χ2v) is 3.41. The Morgan fingerprint density at radius 1 is 1.50 bits per heavy atom. The van der Waals surface area contributed by atoms with E-state index in [4.69, 9.17) is 5.84 Å². The first-order valence-electron chi connectivity index (χ1n) is 5.22. The molecule has 0 aliphatic rings. The van der Waals surface area contributed by atoms with E-state index in [9.17, 15) is 4.39 Å². The van der Waals surface area contributed by atoms with Gasteiger partial charge in [0.1, 0.15) is 5.82 Å². The number of anilines is 1. The summed E-state index contributed by atoms with van der Waals surface area (Å²) >= 11 is 0. The Hall–Kier alpha value is -1.62. The Labute approximate surface area is 94.7 Å². The topological polar surface area (TPSA) is 62.4 Å². The number of benzene rings is 1. The summed E-state index contributed by atoms with van der Waals surface area (Å²) in [7, 11) is 0. The summed E-state index contributed by atoms with van der Waals surface area (Å²) in [5, 5.41) is 2.95. The predicted octanol–water partition coefficient (Wildman–Crippen LogP) is 1.78. The maximum Gasteiger partial charge on any atom is 0.210 e. The quantitative estimate of drug-likeness (QED) is 0.317. The minimum Gasteiger partial charge on any atom is -0.325 e. The molecule has 1 aromatic rings. The molecule has 0 amide bonds. The fourth-order valence-electron chi connectivity index (χ4n) is 1.22. The lowest BCUT2D eigenvalue weighted by molar-refractivity contribution is 0.619. The molecular formula is C11H17FN4. The number of nitrogens with one attached hydrogen (secondary N) is 2. The molecule has 4 N–H and O–H groups in total. The Morgan fingerprint density at radius 2 is 2.25 bits per heavy atom. The van der Waals surface area contributed by atoms with Gasteiger partial charge in [-0.1, -0.05) is 13.0 Å². The minimum absolute atomic E-state index is 0.253. The lowest BCUT2D eigenvalue weighted by Gasteiger charge is -2.11. The summed E-state index contributed by atoms with van der Waals surface area (Å²) in [5.74, 6) is 5.50. The molecule has 0 spiro atoms. The SMILES string of the molecule is CCCN=C(NN)Nc1cccc(F)c1C. The van der Waals surface area contributed by atoms with E-state index in [0.29, 0.717) is 23.8 Å². The molecule has 0 fully saturated rings. The van der Waals surface area contributed by atoms with E-state index >= 15 is 0 Å². The fourth-order valence-corrected chi connectivity index (χ4v) is 1.22. The largest absolute Gasteiger partial charge is 0.325 e. The van der Waals surface area contributed by atoms with Crippen molar-refractivity contribution in [3.63, 3.8) is 0 Å².